The lowest BCUT2D eigenvalue weighted by molar-refractivity contribution is 0.669. The summed E-state index contributed by atoms with van der Waals surface area (Å²) in [5.41, 5.74) is 9.77. The van der Waals surface area contributed by atoms with Gasteiger partial charge in [-0.05, 0) is 65.9 Å². The minimum Gasteiger partial charge on any atom is -0.455 e. The molecule has 0 unspecified atom stereocenters. The van der Waals surface area contributed by atoms with Crippen LogP contribution in [-0.2, 0) is 12.8 Å². The Bertz CT molecular complexity index is 1950. The van der Waals surface area contributed by atoms with E-state index in [1.165, 1.54) is 21.9 Å². The molecule has 0 saturated carbocycles. The summed E-state index contributed by atoms with van der Waals surface area (Å²) in [5.74, 6) is 1.62. The Balaban J connectivity index is 1.36. The predicted octanol–water partition coefficient (Wildman–Crippen LogP) is 9.29. The minimum atomic E-state index is 0.805. The summed E-state index contributed by atoms with van der Waals surface area (Å²) < 4.78 is 8.58. The van der Waals surface area contributed by atoms with Gasteiger partial charge in [0.25, 0.3) is 0 Å². The van der Waals surface area contributed by atoms with Crippen molar-refractivity contribution in [1.29, 1.82) is 0 Å². The molecule has 0 radical (unpaired) electrons. The number of para-hydroxylation sites is 1. The second kappa shape index (κ2) is 9.97. The number of nitrogens with zero attached hydrogens (tertiary/aromatic N) is 3. The molecule has 0 amide bonds. The van der Waals surface area contributed by atoms with Gasteiger partial charge in [-0.25, -0.2) is 0 Å². The molecule has 0 aliphatic rings. The maximum absolute atomic E-state index is 6.45. The highest BCUT2D eigenvalue weighted by atomic mass is 16.3. The number of fused-ring (bicyclic) bond motifs is 3. The molecule has 7 rings (SSSR count). The van der Waals surface area contributed by atoms with Gasteiger partial charge < -0.3 is 4.42 Å². The lowest BCUT2D eigenvalue weighted by Crippen LogP contribution is -2.00. The molecule has 0 aliphatic heterocycles. The smallest absolute Gasteiger partial charge is 0.168 e. The van der Waals surface area contributed by atoms with Crippen LogP contribution >= 0.6 is 0 Å². The summed E-state index contributed by atoms with van der Waals surface area (Å²) in [7, 11) is 0. The van der Waals surface area contributed by atoms with Gasteiger partial charge in [-0.2, -0.15) is 0 Å². The maximum atomic E-state index is 6.45. The highest BCUT2D eigenvalue weighted by Crippen LogP contribution is 2.38. The normalized spacial score (nSPS) is 11.4. The minimum absolute atomic E-state index is 0.805. The fourth-order valence-corrected chi connectivity index (χ4v) is 5.49. The first-order valence-corrected chi connectivity index (χ1v) is 13.9. The van der Waals surface area contributed by atoms with Crippen LogP contribution in [0.2, 0.25) is 0 Å². The molecule has 2 aromatic heterocycles. The van der Waals surface area contributed by atoms with Crippen molar-refractivity contribution in [2.45, 2.75) is 26.7 Å². The molecule has 0 aliphatic carbocycles. The highest BCUT2D eigenvalue weighted by Gasteiger charge is 2.18. The van der Waals surface area contributed by atoms with E-state index in [0.717, 1.165) is 63.6 Å². The zero-order valence-electron chi connectivity index (χ0n) is 22.6. The number of hydrogen-bond donors (Lipinski definition) is 0. The summed E-state index contributed by atoms with van der Waals surface area (Å²) in [5, 5.41) is 11.6. The Morgan fingerprint density at radius 2 is 1.18 bits per heavy atom. The number of hydrogen-bond acceptors (Lipinski definition) is 3. The summed E-state index contributed by atoms with van der Waals surface area (Å²) >= 11 is 0. The van der Waals surface area contributed by atoms with Crippen LogP contribution < -0.4 is 0 Å². The Morgan fingerprint density at radius 1 is 0.575 bits per heavy atom. The van der Waals surface area contributed by atoms with Crippen LogP contribution in [0.1, 0.15) is 25.0 Å². The van der Waals surface area contributed by atoms with Gasteiger partial charge in [0.05, 0.1) is 0 Å². The molecule has 0 N–H and O–H groups in total. The third-order valence-corrected chi connectivity index (χ3v) is 7.67. The Kier molecular flexibility index (Phi) is 6.01. The van der Waals surface area contributed by atoms with Crippen molar-refractivity contribution in [2.24, 2.45) is 0 Å². The van der Waals surface area contributed by atoms with E-state index in [2.05, 4.69) is 107 Å². The van der Waals surface area contributed by atoms with E-state index < -0.39 is 0 Å². The standard InChI is InChI=1S/C36H29N3O/c1-3-24-15-20-33-31(21-24)32-23-25(4-2)22-30(34(32)40-33)26-16-18-28(19-17-26)36-38-37-35(27-11-7-5-8-12-27)39(36)29-13-9-6-10-14-29/h5-23H,3-4H2,1-2H3. The van der Waals surface area contributed by atoms with Crippen molar-refractivity contribution in [3.05, 3.63) is 126 Å². The van der Waals surface area contributed by atoms with Crippen molar-refractivity contribution in [3.63, 3.8) is 0 Å². The zero-order valence-corrected chi connectivity index (χ0v) is 22.6. The molecular formula is C36H29N3O. The van der Waals surface area contributed by atoms with E-state index in [4.69, 9.17) is 4.42 Å². The fraction of sp³-hybridized carbons (Fsp3) is 0.111. The summed E-state index contributed by atoms with van der Waals surface area (Å²) in [6, 6.07) is 40.2. The van der Waals surface area contributed by atoms with Gasteiger partial charge in [-0.1, -0.05) is 92.7 Å². The molecule has 4 nitrogen and oxygen atoms in total. The number of rotatable bonds is 6. The summed E-state index contributed by atoms with van der Waals surface area (Å²) in [6.45, 7) is 4.39. The van der Waals surface area contributed by atoms with Crippen molar-refractivity contribution < 1.29 is 4.42 Å². The lowest BCUT2D eigenvalue weighted by atomic mass is 9.97. The molecule has 0 spiro atoms. The summed E-state index contributed by atoms with van der Waals surface area (Å²) in [4.78, 5) is 0. The first kappa shape index (κ1) is 24.1. The molecule has 4 heteroatoms. The fourth-order valence-electron chi connectivity index (χ4n) is 5.49. The third kappa shape index (κ3) is 4.09. The Labute approximate surface area is 233 Å². The number of benzene rings is 5. The van der Waals surface area contributed by atoms with Crippen LogP contribution in [0.25, 0.3) is 61.5 Å². The molecule has 0 fully saturated rings. The van der Waals surface area contributed by atoms with Crippen LogP contribution in [0.5, 0.6) is 0 Å². The molecular weight excluding hydrogens is 490 g/mol. The van der Waals surface area contributed by atoms with E-state index in [9.17, 15) is 0 Å². The molecule has 5 aromatic carbocycles. The second-order valence-corrected chi connectivity index (χ2v) is 10.1. The van der Waals surface area contributed by atoms with Crippen molar-refractivity contribution >= 4 is 21.9 Å². The lowest BCUT2D eigenvalue weighted by Gasteiger charge is -2.11. The molecule has 7 aromatic rings. The van der Waals surface area contributed by atoms with E-state index >= 15 is 0 Å². The quantitative estimate of drug-likeness (QED) is 0.220. The Hall–Kier alpha value is -4.96. The van der Waals surface area contributed by atoms with Gasteiger partial charge in [0.2, 0.25) is 0 Å². The number of aryl methyl sites for hydroxylation is 2. The second-order valence-electron chi connectivity index (χ2n) is 10.1. The van der Waals surface area contributed by atoms with Gasteiger partial charge in [-0.3, -0.25) is 4.57 Å². The van der Waals surface area contributed by atoms with Crippen LogP contribution in [0, 0.1) is 0 Å². The summed E-state index contributed by atoms with van der Waals surface area (Å²) in [6.07, 6.45) is 1.97. The van der Waals surface area contributed by atoms with Crippen LogP contribution in [0.3, 0.4) is 0 Å². The Morgan fingerprint density at radius 3 is 1.85 bits per heavy atom. The van der Waals surface area contributed by atoms with E-state index in [1.807, 2.05) is 36.4 Å². The van der Waals surface area contributed by atoms with Gasteiger partial charge in [0, 0.05) is 33.2 Å². The number of aromatic nitrogens is 3. The van der Waals surface area contributed by atoms with Crippen LogP contribution in [0.15, 0.2) is 120 Å². The largest absolute Gasteiger partial charge is 0.455 e. The topological polar surface area (TPSA) is 43.9 Å². The third-order valence-electron chi connectivity index (χ3n) is 7.67. The van der Waals surface area contributed by atoms with Crippen LogP contribution in [-0.4, -0.2) is 14.8 Å². The molecule has 0 saturated heterocycles. The van der Waals surface area contributed by atoms with Crippen molar-refractivity contribution in [1.82, 2.24) is 14.8 Å². The molecule has 0 bridgehead atoms. The first-order chi connectivity index (χ1) is 19.7. The monoisotopic (exact) mass is 519 g/mol. The maximum Gasteiger partial charge on any atom is 0.168 e. The number of furan rings is 1. The SMILES string of the molecule is CCc1ccc2oc3c(-c4ccc(-c5nnc(-c6ccccc6)n5-c5ccccc5)cc4)cc(CC)cc3c2c1. The van der Waals surface area contributed by atoms with Crippen molar-refractivity contribution in [2.75, 3.05) is 0 Å². The highest BCUT2D eigenvalue weighted by molar-refractivity contribution is 6.10. The van der Waals surface area contributed by atoms with Crippen molar-refractivity contribution in [3.8, 4) is 39.6 Å². The van der Waals surface area contributed by atoms with Gasteiger partial charge >= 0.3 is 0 Å². The van der Waals surface area contributed by atoms with E-state index in [0.29, 0.717) is 0 Å². The predicted molar refractivity (Wildman–Crippen MR) is 164 cm³/mol. The zero-order chi connectivity index (χ0) is 27.1. The molecule has 2 heterocycles. The molecule has 40 heavy (non-hydrogen) atoms. The van der Waals surface area contributed by atoms with Gasteiger partial charge in [-0.15, -0.1) is 10.2 Å². The molecule has 0 atom stereocenters. The van der Waals surface area contributed by atoms with Gasteiger partial charge in [0.1, 0.15) is 11.2 Å². The van der Waals surface area contributed by atoms with Gasteiger partial charge in [0.15, 0.2) is 11.6 Å². The first-order valence-electron chi connectivity index (χ1n) is 13.9. The van der Waals surface area contributed by atoms with E-state index in [1.54, 1.807) is 0 Å². The molecule has 194 valence electrons. The van der Waals surface area contributed by atoms with Crippen LogP contribution in [0.4, 0.5) is 0 Å². The average molecular weight is 520 g/mol. The van der Waals surface area contributed by atoms with E-state index in [-0.39, 0.29) is 0 Å². The average Bonchev–Trinajstić information content (AvgIpc) is 3.63.